The summed E-state index contributed by atoms with van der Waals surface area (Å²) in [5.41, 5.74) is 1.22. The van der Waals surface area contributed by atoms with E-state index in [0.717, 1.165) is 9.87 Å². The first-order valence-electron chi connectivity index (χ1n) is 12.5. The fraction of sp³-hybridized carbons (Fsp3) is 0.310. The number of rotatable bonds is 12. The number of nitrogens with one attached hydrogen (secondary N) is 1. The Morgan fingerprint density at radius 3 is 1.92 bits per heavy atom. The molecule has 0 spiro atoms. The molecule has 37 heavy (non-hydrogen) atoms. The molecule has 0 radical (unpaired) electrons. The van der Waals surface area contributed by atoms with Gasteiger partial charge in [0, 0.05) is 13.1 Å². The van der Waals surface area contributed by atoms with Crippen LogP contribution in [-0.2, 0) is 26.2 Å². The van der Waals surface area contributed by atoms with Crippen LogP contribution in [0.25, 0.3) is 0 Å². The van der Waals surface area contributed by atoms with Crippen molar-refractivity contribution in [2.75, 3.05) is 17.4 Å². The smallest absolute Gasteiger partial charge is 0.264 e. The third kappa shape index (κ3) is 7.43. The number of anilines is 1. The molecule has 1 atom stereocenters. The number of carbonyl (C=O) groups excluding carboxylic acids is 2. The molecule has 0 bridgehead atoms. The minimum atomic E-state index is -4.04. The highest BCUT2D eigenvalue weighted by Crippen LogP contribution is 2.24. The largest absolute Gasteiger partial charge is 0.354 e. The van der Waals surface area contributed by atoms with Crippen LogP contribution in [-0.4, -0.2) is 44.3 Å². The van der Waals surface area contributed by atoms with Crippen molar-refractivity contribution in [3.8, 4) is 0 Å². The maximum absolute atomic E-state index is 13.9. The van der Waals surface area contributed by atoms with Crippen molar-refractivity contribution in [3.63, 3.8) is 0 Å². The first-order valence-corrected chi connectivity index (χ1v) is 13.9. The second-order valence-corrected chi connectivity index (χ2v) is 11.1. The zero-order valence-corrected chi connectivity index (χ0v) is 22.4. The van der Waals surface area contributed by atoms with Gasteiger partial charge >= 0.3 is 0 Å². The fourth-order valence-corrected chi connectivity index (χ4v) is 5.40. The molecular weight excluding hydrogens is 486 g/mol. The van der Waals surface area contributed by atoms with Gasteiger partial charge in [0.05, 0.1) is 10.6 Å². The van der Waals surface area contributed by atoms with Crippen molar-refractivity contribution in [1.29, 1.82) is 0 Å². The van der Waals surface area contributed by atoms with E-state index in [-0.39, 0.29) is 23.3 Å². The van der Waals surface area contributed by atoms with Gasteiger partial charge in [0.1, 0.15) is 12.6 Å². The van der Waals surface area contributed by atoms with Crippen molar-refractivity contribution < 1.29 is 18.0 Å². The first-order chi connectivity index (χ1) is 17.7. The topological polar surface area (TPSA) is 86.8 Å². The van der Waals surface area contributed by atoms with Gasteiger partial charge in [0.25, 0.3) is 10.0 Å². The molecule has 8 heteroatoms. The fourth-order valence-electron chi connectivity index (χ4n) is 3.96. The van der Waals surface area contributed by atoms with E-state index in [0.29, 0.717) is 18.7 Å². The van der Waals surface area contributed by atoms with Gasteiger partial charge in [-0.2, -0.15) is 0 Å². The number of para-hydroxylation sites is 1. The Morgan fingerprint density at radius 2 is 1.38 bits per heavy atom. The van der Waals surface area contributed by atoms with Gasteiger partial charge in [0.2, 0.25) is 11.8 Å². The van der Waals surface area contributed by atoms with E-state index in [1.807, 2.05) is 51.1 Å². The molecule has 1 N–H and O–H groups in total. The van der Waals surface area contributed by atoms with Crippen LogP contribution in [0.3, 0.4) is 0 Å². The molecule has 0 aliphatic heterocycles. The van der Waals surface area contributed by atoms with Gasteiger partial charge in [-0.05, 0) is 42.2 Å². The summed E-state index contributed by atoms with van der Waals surface area (Å²) in [4.78, 5) is 28.6. The molecule has 3 rings (SSSR count). The predicted molar refractivity (Wildman–Crippen MR) is 146 cm³/mol. The van der Waals surface area contributed by atoms with Crippen LogP contribution < -0.4 is 9.62 Å². The summed E-state index contributed by atoms with van der Waals surface area (Å²) in [6.07, 6.45) is 0.388. The Bertz CT molecular complexity index is 1250. The van der Waals surface area contributed by atoms with Gasteiger partial charge in [-0.15, -0.1) is 0 Å². The van der Waals surface area contributed by atoms with E-state index in [2.05, 4.69) is 5.32 Å². The normalized spacial score (nSPS) is 12.1. The molecule has 3 aromatic rings. The molecule has 1 unspecified atom stereocenters. The molecule has 3 aromatic carbocycles. The van der Waals surface area contributed by atoms with Crippen molar-refractivity contribution in [1.82, 2.24) is 10.2 Å². The van der Waals surface area contributed by atoms with Crippen molar-refractivity contribution in [2.45, 2.75) is 44.7 Å². The quantitative estimate of drug-likeness (QED) is 0.381. The highest BCUT2D eigenvalue weighted by Gasteiger charge is 2.33. The lowest BCUT2D eigenvalue weighted by atomic mass is 10.1. The number of carbonyl (C=O) groups is 2. The van der Waals surface area contributed by atoms with Crippen molar-refractivity contribution in [3.05, 3.63) is 96.6 Å². The Kier molecular flexibility index (Phi) is 9.85. The molecule has 0 fully saturated rings. The van der Waals surface area contributed by atoms with E-state index in [1.165, 1.54) is 17.0 Å². The van der Waals surface area contributed by atoms with Crippen LogP contribution in [0.2, 0.25) is 0 Å². The number of nitrogens with zero attached hydrogens (tertiary/aromatic N) is 2. The summed E-state index contributed by atoms with van der Waals surface area (Å²) in [6.45, 7) is 6.08. The SMILES string of the molecule is CCC(C(=O)NCC(C)C)N(Cc1ccccc1)C(=O)CN(c1ccccc1)S(=O)(=O)c1ccccc1. The van der Waals surface area contributed by atoms with Gasteiger partial charge in [-0.1, -0.05) is 87.5 Å². The minimum absolute atomic E-state index is 0.0861. The second kappa shape index (κ2) is 13.1. The van der Waals surface area contributed by atoms with E-state index in [4.69, 9.17) is 0 Å². The molecule has 2 amide bonds. The Balaban J connectivity index is 1.99. The second-order valence-electron chi connectivity index (χ2n) is 9.23. The maximum Gasteiger partial charge on any atom is 0.264 e. The van der Waals surface area contributed by atoms with E-state index >= 15 is 0 Å². The molecule has 0 aromatic heterocycles. The van der Waals surface area contributed by atoms with Gasteiger partial charge in [-0.25, -0.2) is 8.42 Å². The molecular formula is C29H35N3O4S. The number of hydrogen-bond acceptors (Lipinski definition) is 4. The van der Waals surface area contributed by atoms with E-state index < -0.39 is 28.5 Å². The standard InChI is InChI=1S/C29H35N3O4S/c1-4-27(29(34)30-20-23(2)3)31(21-24-14-8-5-9-15-24)28(33)22-32(25-16-10-6-11-17-25)37(35,36)26-18-12-7-13-19-26/h5-19,23,27H,4,20-22H2,1-3H3,(H,30,34). The Morgan fingerprint density at radius 1 is 0.838 bits per heavy atom. The average Bonchev–Trinajstić information content (AvgIpc) is 2.91. The monoisotopic (exact) mass is 521 g/mol. The maximum atomic E-state index is 13.9. The zero-order chi connectivity index (χ0) is 26.8. The van der Waals surface area contributed by atoms with Gasteiger partial charge in [-0.3, -0.25) is 13.9 Å². The number of sulfonamides is 1. The lowest BCUT2D eigenvalue weighted by Crippen LogP contribution is -2.52. The number of benzene rings is 3. The molecule has 0 aliphatic carbocycles. The lowest BCUT2D eigenvalue weighted by molar-refractivity contribution is -0.140. The third-order valence-corrected chi connectivity index (χ3v) is 7.71. The minimum Gasteiger partial charge on any atom is -0.354 e. The Labute approximate surface area is 220 Å². The lowest BCUT2D eigenvalue weighted by Gasteiger charge is -2.33. The number of hydrogen-bond donors (Lipinski definition) is 1. The molecule has 0 saturated carbocycles. The summed E-state index contributed by atoms with van der Waals surface area (Å²) >= 11 is 0. The third-order valence-electron chi connectivity index (χ3n) is 5.92. The van der Waals surface area contributed by atoms with Crippen LogP contribution in [0.1, 0.15) is 32.8 Å². The van der Waals surface area contributed by atoms with Gasteiger partial charge in [0.15, 0.2) is 0 Å². The van der Waals surface area contributed by atoms with Crippen molar-refractivity contribution >= 4 is 27.5 Å². The Hall–Kier alpha value is -3.65. The summed E-state index contributed by atoms with van der Waals surface area (Å²) in [7, 11) is -4.04. The van der Waals surface area contributed by atoms with Crippen LogP contribution in [0.5, 0.6) is 0 Å². The van der Waals surface area contributed by atoms with E-state index in [9.17, 15) is 18.0 Å². The van der Waals surface area contributed by atoms with Crippen LogP contribution in [0, 0.1) is 5.92 Å². The first kappa shape index (κ1) is 27.9. The summed E-state index contributed by atoms with van der Waals surface area (Å²) < 4.78 is 28.5. The molecule has 0 aliphatic rings. The molecule has 7 nitrogen and oxygen atoms in total. The summed E-state index contributed by atoms with van der Waals surface area (Å²) in [5.74, 6) is -0.458. The van der Waals surface area contributed by atoms with Crippen molar-refractivity contribution in [2.24, 2.45) is 5.92 Å². The predicted octanol–water partition coefficient (Wildman–Crippen LogP) is 4.46. The summed E-state index contributed by atoms with van der Waals surface area (Å²) in [6, 6.07) is 25.2. The van der Waals surface area contributed by atoms with Crippen LogP contribution >= 0.6 is 0 Å². The van der Waals surface area contributed by atoms with E-state index in [1.54, 1.807) is 48.5 Å². The highest BCUT2D eigenvalue weighted by atomic mass is 32.2. The zero-order valence-electron chi connectivity index (χ0n) is 21.6. The van der Waals surface area contributed by atoms with Crippen LogP contribution in [0.15, 0.2) is 95.9 Å². The molecule has 0 saturated heterocycles. The molecule has 196 valence electrons. The van der Waals surface area contributed by atoms with Gasteiger partial charge < -0.3 is 10.2 Å². The highest BCUT2D eigenvalue weighted by molar-refractivity contribution is 7.92. The molecule has 0 heterocycles. The number of amides is 2. The van der Waals surface area contributed by atoms with Crippen LogP contribution in [0.4, 0.5) is 5.69 Å². The average molecular weight is 522 g/mol. The summed E-state index contributed by atoms with van der Waals surface area (Å²) in [5, 5.41) is 2.93.